The summed E-state index contributed by atoms with van der Waals surface area (Å²) in [6.45, 7) is 8.55. The lowest BCUT2D eigenvalue weighted by Crippen LogP contribution is -2.39. The standard InChI is InChI=1S/C17H27IN2O2S/c1-11(20-16(21)22-17(2,3)4)8-9-19-13-6-5-7-14-12(13)10-15(18)23-14/h10-11,13,19H,5-9H2,1-4H3,(H,20,21). The molecule has 0 fully saturated rings. The highest BCUT2D eigenvalue weighted by molar-refractivity contribution is 14.1. The van der Waals surface area contributed by atoms with Crippen molar-refractivity contribution in [3.05, 3.63) is 19.4 Å². The van der Waals surface area contributed by atoms with E-state index in [0.29, 0.717) is 6.04 Å². The second-order valence-corrected chi connectivity index (χ2v) is 10.2. The van der Waals surface area contributed by atoms with E-state index in [4.69, 9.17) is 4.74 Å². The number of rotatable bonds is 5. The van der Waals surface area contributed by atoms with E-state index in [0.717, 1.165) is 13.0 Å². The van der Waals surface area contributed by atoms with Crippen molar-refractivity contribution in [3.63, 3.8) is 0 Å². The molecule has 2 N–H and O–H groups in total. The average Bonchev–Trinajstić information content (AvgIpc) is 2.77. The third-order valence-corrected chi connectivity index (χ3v) is 5.79. The Bertz CT molecular complexity index is 539. The third-order valence-electron chi connectivity index (χ3n) is 3.81. The molecule has 2 atom stereocenters. The van der Waals surface area contributed by atoms with Crippen LogP contribution in [-0.4, -0.2) is 24.3 Å². The first-order valence-corrected chi connectivity index (χ1v) is 10.1. The smallest absolute Gasteiger partial charge is 0.407 e. The molecule has 4 nitrogen and oxygen atoms in total. The lowest BCUT2D eigenvalue weighted by Gasteiger charge is -2.25. The molecule has 0 spiro atoms. The summed E-state index contributed by atoms with van der Waals surface area (Å²) in [4.78, 5) is 13.3. The number of amides is 1. The molecule has 0 aliphatic heterocycles. The lowest BCUT2D eigenvalue weighted by molar-refractivity contribution is 0.0506. The van der Waals surface area contributed by atoms with Crippen molar-refractivity contribution >= 4 is 40.0 Å². The Morgan fingerprint density at radius 3 is 2.96 bits per heavy atom. The molecule has 0 aromatic carbocycles. The van der Waals surface area contributed by atoms with E-state index < -0.39 is 5.60 Å². The number of hydrogen-bond donors (Lipinski definition) is 2. The fourth-order valence-corrected chi connectivity index (χ4v) is 4.91. The van der Waals surface area contributed by atoms with Crippen molar-refractivity contribution < 1.29 is 9.53 Å². The predicted octanol–water partition coefficient (Wildman–Crippen LogP) is 4.62. The van der Waals surface area contributed by atoms with Gasteiger partial charge in [-0.2, -0.15) is 0 Å². The van der Waals surface area contributed by atoms with Crippen LogP contribution in [0, 0.1) is 2.88 Å². The molecular formula is C17H27IN2O2S. The zero-order chi connectivity index (χ0) is 17.0. The molecule has 130 valence electrons. The summed E-state index contributed by atoms with van der Waals surface area (Å²) in [5.41, 5.74) is 1.04. The fraction of sp³-hybridized carbons (Fsp3) is 0.706. The number of thiophene rings is 1. The van der Waals surface area contributed by atoms with Gasteiger partial charge in [-0.15, -0.1) is 11.3 Å². The molecule has 0 saturated carbocycles. The van der Waals surface area contributed by atoms with Crippen LogP contribution in [0.15, 0.2) is 6.07 Å². The SMILES string of the molecule is CC(CCNC1CCCc2sc(I)cc21)NC(=O)OC(C)(C)C. The molecular weight excluding hydrogens is 423 g/mol. The van der Waals surface area contributed by atoms with Crippen LogP contribution in [0.25, 0.3) is 0 Å². The third kappa shape index (κ3) is 6.23. The molecule has 1 amide bonds. The first kappa shape index (κ1) is 19.0. The van der Waals surface area contributed by atoms with Crippen LogP contribution in [0.4, 0.5) is 4.79 Å². The van der Waals surface area contributed by atoms with Gasteiger partial charge in [0.25, 0.3) is 0 Å². The Morgan fingerprint density at radius 1 is 1.52 bits per heavy atom. The van der Waals surface area contributed by atoms with Crippen LogP contribution in [-0.2, 0) is 11.2 Å². The first-order chi connectivity index (χ1) is 10.7. The normalized spacial score (nSPS) is 19.1. The second-order valence-electron chi connectivity index (χ2n) is 7.16. The predicted molar refractivity (Wildman–Crippen MR) is 104 cm³/mol. The maximum atomic E-state index is 11.7. The summed E-state index contributed by atoms with van der Waals surface area (Å²) in [5, 5.41) is 6.55. The maximum Gasteiger partial charge on any atom is 0.407 e. The molecule has 1 aliphatic carbocycles. The fourth-order valence-electron chi connectivity index (χ4n) is 2.79. The summed E-state index contributed by atoms with van der Waals surface area (Å²) in [5.74, 6) is 0. The summed E-state index contributed by atoms with van der Waals surface area (Å²) in [6, 6.07) is 2.88. The Balaban J connectivity index is 1.74. The molecule has 6 heteroatoms. The first-order valence-electron chi connectivity index (χ1n) is 8.25. The molecule has 1 aromatic rings. The molecule has 0 saturated heterocycles. The van der Waals surface area contributed by atoms with Gasteiger partial charge >= 0.3 is 6.09 Å². The van der Waals surface area contributed by atoms with E-state index in [1.54, 1.807) is 0 Å². The second kappa shape index (κ2) is 8.16. The summed E-state index contributed by atoms with van der Waals surface area (Å²) < 4.78 is 6.66. The lowest BCUT2D eigenvalue weighted by atomic mass is 9.94. The maximum absolute atomic E-state index is 11.7. The summed E-state index contributed by atoms with van der Waals surface area (Å²) in [6.07, 6.45) is 4.24. The average molecular weight is 450 g/mol. The van der Waals surface area contributed by atoms with Gasteiger partial charge in [0.05, 0.1) is 2.88 Å². The number of aryl methyl sites for hydroxylation is 1. The quantitative estimate of drug-likeness (QED) is 0.644. The van der Waals surface area contributed by atoms with Gasteiger partial charge in [0.1, 0.15) is 5.60 Å². The van der Waals surface area contributed by atoms with Crippen LogP contribution in [0.2, 0.25) is 0 Å². The highest BCUT2D eigenvalue weighted by atomic mass is 127. The molecule has 1 aliphatic rings. The van der Waals surface area contributed by atoms with Crippen LogP contribution < -0.4 is 10.6 Å². The minimum absolute atomic E-state index is 0.100. The zero-order valence-electron chi connectivity index (χ0n) is 14.4. The Morgan fingerprint density at radius 2 is 2.26 bits per heavy atom. The van der Waals surface area contributed by atoms with Crippen molar-refractivity contribution in [2.75, 3.05) is 6.54 Å². The van der Waals surface area contributed by atoms with Crippen LogP contribution in [0.5, 0.6) is 0 Å². The van der Waals surface area contributed by atoms with E-state index in [1.807, 2.05) is 39.0 Å². The number of halogens is 1. The van der Waals surface area contributed by atoms with E-state index in [9.17, 15) is 4.79 Å². The number of carbonyl (C=O) groups excluding carboxylic acids is 1. The largest absolute Gasteiger partial charge is 0.444 e. The van der Waals surface area contributed by atoms with Crippen molar-refractivity contribution in [1.29, 1.82) is 0 Å². The van der Waals surface area contributed by atoms with Gasteiger partial charge in [0, 0.05) is 17.0 Å². The van der Waals surface area contributed by atoms with Gasteiger partial charge in [0.15, 0.2) is 0 Å². The number of ether oxygens (including phenoxy) is 1. The van der Waals surface area contributed by atoms with Crippen molar-refractivity contribution in [2.24, 2.45) is 0 Å². The summed E-state index contributed by atoms with van der Waals surface area (Å²) in [7, 11) is 0. The Labute approximate surface area is 156 Å². The molecule has 0 bridgehead atoms. The molecule has 0 radical (unpaired) electrons. The van der Waals surface area contributed by atoms with Crippen LogP contribution in [0.1, 0.15) is 63.4 Å². The molecule has 2 rings (SSSR count). The van der Waals surface area contributed by atoms with E-state index in [2.05, 4.69) is 39.3 Å². The van der Waals surface area contributed by atoms with Gasteiger partial charge in [0.2, 0.25) is 0 Å². The van der Waals surface area contributed by atoms with Crippen molar-refractivity contribution in [2.45, 2.75) is 71.1 Å². The molecule has 1 heterocycles. The van der Waals surface area contributed by atoms with Gasteiger partial charge in [-0.3, -0.25) is 0 Å². The van der Waals surface area contributed by atoms with Gasteiger partial charge < -0.3 is 15.4 Å². The molecule has 2 unspecified atom stereocenters. The molecule has 1 aromatic heterocycles. The highest BCUT2D eigenvalue weighted by Crippen LogP contribution is 2.36. The zero-order valence-corrected chi connectivity index (χ0v) is 17.3. The minimum Gasteiger partial charge on any atom is -0.444 e. The number of hydrogen-bond acceptors (Lipinski definition) is 4. The molecule has 23 heavy (non-hydrogen) atoms. The number of alkyl carbamates (subject to hydrolysis) is 1. The minimum atomic E-state index is -0.448. The van der Waals surface area contributed by atoms with Crippen molar-refractivity contribution in [3.8, 4) is 0 Å². The van der Waals surface area contributed by atoms with Crippen LogP contribution >= 0.6 is 33.9 Å². The number of fused-ring (bicyclic) bond motifs is 1. The van der Waals surface area contributed by atoms with Crippen LogP contribution in [0.3, 0.4) is 0 Å². The van der Waals surface area contributed by atoms with E-state index in [-0.39, 0.29) is 12.1 Å². The highest BCUT2D eigenvalue weighted by Gasteiger charge is 2.22. The number of carbonyl (C=O) groups is 1. The summed E-state index contributed by atoms with van der Waals surface area (Å²) >= 11 is 4.33. The topological polar surface area (TPSA) is 50.4 Å². The van der Waals surface area contributed by atoms with E-state index >= 15 is 0 Å². The van der Waals surface area contributed by atoms with Crippen molar-refractivity contribution in [1.82, 2.24) is 10.6 Å². The van der Waals surface area contributed by atoms with Gasteiger partial charge in [-0.25, -0.2) is 4.79 Å². The Kier molecular flexibility index (Phi) is 6.74. The number of nitrogens with one attached hydrogen (secondary N) is 2. The van der Waals surface area contributed by atoms with Gasteiger partial charge in [-0.1, -0.05) is 0 Å². The van der Waals surface area contributed by atoms with E-state index in [1.165, 1.54) is 32.6 Å². The monoisotopic (exact) mass is 450 g/mol. The Hall–Kier alpha value is -0.340. The van der Waals surface area contributed by atoms with Gasteiger partial charge in [-0.05, 0) is 94.1 Å².